The molecule has 40 heavy (non-hydrogen) atoms. The first-order valence-electron chi connectivity index (χ1n) is 13.5. The number of nitrogens with one attached hydrogen (secondary N) is 1. The second kappa shape index (κ2) is 11.6. The highest BCUT2D eigenvalue weighted by Gasteiger charge is 2.33. The fraction of sp³-hybridized carbons (Fsp3) is 0.429. The maximum Gasteiger partial charge on any atom is 0.253 e. The van der Waals surface area contributed by atoms with E-state index in [0.717, 1.165) is 60.9 Å². The second-order valence-electron chi connectivity index (χ2n) is 9.89. The summed E-state index contributed by atoms with van der Waals surface area (Å²) in [6.45, 7) is 7.65. The third kappa shape index (κ3) is 5.37. The zero-order valence-corrected chi connectivity index (χ0v) is 22.7. The number of piperazine rings is 1. The molecular weight excluding hydrogens is 514 g/mol. The molecule has 4 heterocycles. The van der Waals surface area contributed by atoms with Gasteiger partial charge in [0.25, 0.3) is 5.56 Å². The molecule has 1 saturated heterocycles. The Morgan fingerprint density at radius 1 is 1.05 bits per heavy atom. The van der Waals surface area contributed by atoms with Crippen LogP contribution >= 0.6 is 0 Å². The van der Waals surface area contributed by atoms with Crippen LogP contribution in [0.1, 0.15) is 29.9 Å². The quantitative estimate of drug-likeness (QED) is 0.316. The summed E-state index contributed by atoms with van der Waals surface area (Å²) < 4.78 is 23.7. The fourth-order valence-corrected chi connectivity index (χ4v) is 5.38. The minimum absolute atomic E-state index is 0.161. The van der Waals surface area contributed by atoms with Crippen molar-refractivity contribution in [1.82, 2.24) is 35.0 Å². The monoisotopic (exact) mass is 547 g/mol. The SMILES string of the molecule is CCOc1ccc2[nH]c(=O)c(C(c3nnnn3CCOC)N3CCN(Cc4ccc5c(c4)OCO5)CC3)cc2c1. The first-order valence-corrected chi connectivity index (χ1v) is 13.5. The maximum absolute atomic E-state index is 13.5. The van der Waals surface area contributed by atoms with Gasteiger partial charge in [-0.25, -0.2) is 4.68 Å². The van der Waals surface area contributed by atoms with Crippen LogP contribution in [0.3, 0.4) is 0 Å². The lowest BCUT2D eigenvalue weighted by Crippen LogP contribution is -2.48. The minimum Gasteiger partial charge on any atom is -0.494 e. The van der Waals surface area contributed by atoms with Crippen molar-refractivity contribution in [2.24, 2.45) is 0 Å². The van der Waals surface area contributed by atoms with Crippen molar-refractivity contribution in [3.05, 3.63) is 69.8 Å². The van der Waals surface area contributed by atoms with E-state index in [9.17, 15) is 4.79 Å². The Labute approximate surface area is 231 Å². The van der Waals surface area contributed by atoms with Crippen molar-refractivity contribution in [2.75, 3.05) is 53.3 Å². The number of fused-ring (bicyclic) bond motifs is 2. The topological polar surface area (TPSA) is 120 Å². The Hall–Kier alpha value is -4.00. The number of methoxy groups -OCH3 is 1. The van der Waals surface area contributed by atoms with Crippen LogP contribution in [0.25, 0.3) is 10.9 Å². The molecular formula is C28H33N7O5. The first kappa shape index (κ1) is 26.2. The zero-order valence-electron chi connectivity index (χ0n) is 22.7. The molecule has 2 aromatic heterocycles. The number of aromatic amines is 1. The molecule has 0 spiro atoms. The molecule has 12 heteroatoms. The Morgan fingerprint density at radius 2 is 1.90 bits per heavy atom. The van der Waals surface area contributed by atoms with Crippen LogP contribution in [-0.4, -0.2) is 88.3 Å². The lowest BCUT2D eigenvalue weighted by molar-refractivity contribution is 0.0984. The lowest BCUT2D eigenvalue weighted by atomic mass is 10.0. The molecule has 0 aliphatic carbocycles. The van der Waals surface area contributed by atoms with Crippen LogP contribution in [0.5, 0.6) is 17.2 Å². The summed E-state index contributed by atoms with van der Waals surface area (Å²) in [7, 11) is 1.64. The molecule has 0 radical (unpaired) electrons. The molecule has 2 aromatic carbocycles. The molecule has 12 nitrogen and oxygen atoms in total. The van der Waals surface area contributed by atoms with Gasteiger partial charge in [-0.05, 0) is 59.3 Å². The highest BCUT2D eigenvalue weighted by Crippen LogP contribution is 2.33. The highest BCUT2D eigenvalue weighted by atomic mass is 16.7. The van der Waals surface area contributed by atoms with E-state index in [-0.39, 0.29) is 12.4 Å². The van der Waals surface area contributed by atoms with Crippen molar-refractivity contribution < 1.29 is 18.9 Å². The van der Waals surface area contributed by atoms with Gasteiger partial charge < -0.3 is 23.9 Å². The fourth-order valence-electron chi connectivity index (χ4n) is 5.38. The molecule has 1 unspecified atom stereocenters. The molecule has 6 rings (SSSR count). The number of hydrogen-bond acceptors (Lipinski definition) is 10. The standard InChI is InChI=1S/C28H33N7O5/c1-3-38-21-5-6-23-20(15-21)16-22(28(36)29-23)26(27-30-31-32-35(27)12-13-37-2)34-10-8-33(9-11-34)17-19-4-7-24-25(14-19)40-18-39-24/h4-7,14-16,26H,3,8-13,17-18H2,1-2H3,(H,29,36). The van der Waals surface area contributed by atoms with E-state index in [2.05, 4.69) is 36.4 Å². The summed E-state index contributed by atoms with van der Waals surface area (Å²) in [5.41, 5.74) is 2.36. The van der Waals surface area contributed by atoms with E-state index < -0.39 is 6.04 Å². The van der Waals surface area contributed by atoms with Crippen molar-refractivity contribution in [1.29, 1.82) is 0 Å². The van der Waals surface area contributed by atoms with Gasteiger partial charge in [0.15, 0.2) is 17.3 Å². The molecule has 0 saturated carbocycles. The molecule has 0 bridgehead atoms. The van der Waals surface area contributed by atoms with Crippen LogP contribution in [0, 0.1) is 0 Å². The predicted octanol–water partition coefficient (Wildman–Crippen LogP) is 2.20. The van der Waals surface area contributed by atoms with Gasteiger partial charge in [0, 0.05) is 56.3 Å². The molecule has 2 aliphatic heterocycles. The number of rotatable bonds is 10. The first-order chi connectivity index (χ1) is 19.6. The van der Waals surface area contributed by atoms with Gasteiger partial charge in [-0.2, -0.15) is 0 Å². The average molecular weight is 548 g/mol. The Kier molecular flexibility index (Phi) is 7.62. The number of nitrogens with zero attached hydrogens (tertiary/aromatic N) is 6. The predicted molar refractivity (Wildman–Crippen MR) is 147 cm³/mol. The zero-order chi connectivity index (χ0) is 27.5. The van der Waals surface area contributed by atoms with E-state index in [1.165, 1.54) is 5.56 Å². The lowest BCUT2D eigenvalue weighted by Gasteiger charge is -2.38. The number of hydrogen-bond donors (Lipinski definition) is 1. The van der Waals surface area contributed by atoms with Gasteiger partial charge in [0.05, 0.1) is 19.8 Å². The summed E-state index contributed by atoms with van der Waals surface area (Å²) >= 11 is 0. The van der Waals surface area contributed by atoms with E-state index in [4.69, 9.17) is 18.9 Å². The second-order valence-corrected chi connectivity index (χ2v) is 9.89. The number of H-pyrrole nitrogens is 1. The van der Waals surface area contributed by atoms with E-state index in [1.807, 2.05) is 43.3 Å². The molecule has 1 fully saturated rings. The van der Waals surface area contributed by atoms with Crippen LogP contribution in [0.15, 0.2) is 47.3 Å². The van der Waals surface area contributed by atoms with Gasteiger partial charge in [0.1, 0.15) is 11.8 Å². The third-order valence-corrected chi connectivity index (χ3v) is 7.38. The molecule has 1 N–H and O–H groups in total. The normalized spacial score (nSPS) is 16.4. The van der Waals surface area contributed by atoms with Crippen molar-refractivity contribution in [2.45, 2.75) is 26.1 Å². The smallest absolute Gasteiger partial charge is 0.253 e. The van der Waals surface area contributed by atoms with Gasteiger partial charge in [0.2, 0.25) is 6.79 Å². The highest BCUT2D eigenvalue weighted by molar-refractivity contribution is 5.80. The number of tetrazole rings is 1. The van der Waals surface area contributed by atoms with E-state index in [0.29, 0.717) is 31.1 Å². The molecule has 2 aliphatic rings. The third-order valence-electron chi connectivity index (χ3n) is 7.38. The van der Waals surface area contributed by atoms with Gasteiger partial charge in [-0.1, -0.05) is 6.07 Å². The number of aromatic nitrogens is 5. The van der Waals surface area contributed by atoms with Crippen LogP contribution in [0.2, 0.25) is 0 Å². The average Bonchev–Trinajstić information content (AvgIpc) is 3.63. The van der Waals surface area contributed by atoms with E-state index >= 15 is 0 Å². The summed E-state index contributed by atoms with van der Waals surface area (Å²) in [6.07, 6.45) is 0. The summed E-state index contributed by atoms with van der Waals surface area (Å²) in [5.74, 6) is 2.96. The molecule has 1 atom stereocenters. The molecule has 4 aromatic rings. The summed E-state index contributed by atoms with van der Waals surface area (Å²) in [6, 6.07) is 13.3. The maximum atomic E-state index is 13.5. The largest absolute Gasteiger partial charge is 0.494 e. The van der Waals surface area contributed by atoms with Crippen molar-refractivity contribution >= 4 is 10.9 Å². The van der Waals surface area contributed by atoms with Crippen LogP contribution in [-0.2, 0) is 17.8 Å². The van der Waals surface area contributed by atoms with Gasteiger partial charge >= 0.3 is 0 Å². The van der Waals surface area contributed by atoms with Crippen molar-refractivity contribution in [3.63, 3.8) is 0 Å². The number of ether oxygens (including phenoxy) is 4. The van der Waals surface area contributed by atoms with Crippen LogP contribution in [0.4, 0.5) is 0 Å². The van der Waals surface area contributed by atoms with E-state index in [1.54, 1.807) is 11.8 Å². The minimum atomic E-state index is -0.427. The number of benzene rings is 2. The Balaban J connectivity index is 1.28. The van der Waals surface area contributed by atoms with Crippen LogP contribution < -0.4 is 19.8 Å². The summed E-state index contributed by atoms with van der Waals surface area (Å²) in [4.78, 5) is 21.2. The van der Waals surface area contributed by atoms with Gasteiger partial charge in [-0.3, -0.25) is 14.6 Å². The molecule has 210 valence electrons. The Bertz CT molecular complexity index is 1530. The number of pyridine rings is 1. The Morgan fingerprint density at radius 3 is 2.73 bits per heavy atom. The molecule has 0 amide bonds. The van der Waals surface area contributed by atoms with Crippen molar-refractivity contribution in [3.8, 4) is 17.2 Å². The summed E-state index contributed by atoms with van der Waals surface area (Å²) in [5, 5.41) is 13.5. The van der Waals surface area contributed by atoms with Gasteiger partial charge in [-0.15, -0.1) is 5.10 Å².